The van der Waals surface area contributed by atoms with E-state index in [1.165, 1.54) is 12.8 Å². The lowest BCUT2D eigenvalue weighted by Crippen LogP contribution is -2.28. The number of nitrogens with zero attached hydrogens (tertiary/aromatic N) is 5. The quantitative estimate of drug-likeness (QED) is 0.888. The largest absolute Gasteiger partial charge is 0.368 e. The number of hydrogen-bond acceptors (Lipinski definition) is 7. The second kappa shape index (κ2) is 6.30. The molecule has 0 amide bonds. The van der Waals surface area contributed by atoms with Crippen molar-refractivity contribution >= 4 is 23.7 Å². The van der Waals surface area contributed by atoms with E-state index >= 15 is 0 Å². The monoisotopic (exact) mass is 305 g/mol. The number of aromatic nitrogens is 5. The summed E-state index contributed by atoms with van der Waals surface area (Å²) < 4.78 is 1.72. The van der Waals surface area contributed by atoms with Gasteiger partial charge in [0.15, 0.2) is 0 Å². The number of anilines is 2. The van der Waals surface area contributed by atoms with Crippen LogP contribution in [0.4, 0.5) is 11.9 Å². The first kappa shape index (κ1) is 14.1. The maximum Gasteiger partial charge on any atom is 0.241 e. The highest BCUT2D eigenvalue weighted by Crippen LogP contribution is 2.28. The van der Waals surface area contributed by atoms with Crippen LogP contribution < -0.4 is 11.1 Å². The van der Waals surface area contributed by atoms with Crippen molar-refractivity contribution in [2.24, 2.45) is 0 Å². The third-order valence-corrected chi connectivity index (χ3v) is 4.86. The molecule has 1 saturated carbocycles. The van der Waals surface area contributed by atoms with Crippen molar-refractivity contribution in [2.75, 3.05) is 17.3 Å². The Labute approximate surface area is 127 Å². The van der Waals surface area contributed by atoms with E-state index in [-0.39, 0.29) is 5.95 Å². The van der Waals surface area contributed by atoms with Crippen molar-refractivity contribution in [3.8, 4) is 5.95 Å². The Hall–Kier alpha value is -1.83. The van der Waals surface area contributed by atoms with Crippen LogP contribution >= 0.6 is 11.8 Å². The zero-order valence-electron chi connectivity index (χ0n) is 11.9. The van der Waals surface area contributed by atoms with E-state index in [2.05, 4.69) is 31.5 Å². The fourth-order valence-electron chi connectivity index (χ4n) is 2.56. The normalized spacial score (nSPS) is 22.1. The zero-order chi connectivity index (χ0) is 14.7. The number of imidazole rings is 1. The minimum absolute atomic E-state index is 0.217. The van der Waals surface area contributed by atoms with Crippen molar-refractivity contribution < 1.29 is 0 Å². The minimum Gasteiger partial charge on any atom is -0.368 e. The van der Waals surface area contributed by atoms with Crippen LogP contribution in [0.3, 0.4) is 0 Å². The first-order valence-electron chi connectivity index (χ1n) is 7.04. The summed E-state index contributed by atoms with van der Waals surface area (Å²) in [5, 5.41) is 4.17. The average Bonchev–Trinajstić information content (AvgIpc) is 3.02. The summed E-state index contributed by atoms with van der Waals surface area (Å²) in [5.41, 5.74) is 5.77. The zero-order valence-corrected chi connectivity index (χ0v) is 12.8. The Morgan fingerprint density at radius 1 is 1.24 bits per heavy atom. The summed E-state index contributed by atoms with van der Waals surface area (Å²) in [7, 11) is 0. The molecule has 1 fully saturated rings. The molecular formula is C13H19N7S. The summed E-state index contributed by atoms with van der Waals surface area (Å²) in [4.78, 5) is 16.7. The van der Waals surface area contributed by atoms with Crippen LogP contribution in [0, 0.1) is 0 Å². The summed E-state index contributed by atoms with van der Waals surface area (Å²) in [6.45, 7) is 0. The summed E-state index contributed by atoms with van der Waals surface area (Å²) in [6, 6.07) is 0.408. The number of nitrogens with one attached hydrogen (secondary N) is 1. The van der Waals surface area contributed by atoms with Crippen LogP contribution in [-0.2, 0) is 0 Å². The Bertz CT molecular complexity index is 578. The van der Waals surface area contributed by atoms with Gasteiger partial charge >= 0.3 is 0 Å². The molecule has 0 aromatic carbocycles. The molecule has 2 aromatic rings. The van der Waals surface area contributed by atoms with Crippen LogP contribution in [0.15, 0.2) is 18.7 Å². The van der Waals surface area contributed by atoms with Crippen LogP contribution in [0.1, 0.15) is 25.7 Å². The molecule has 0 atom stereocenters. The molecule has 21 heavy (non-hydrogen) atoms. The van der Waals surface area contributed by atoms with E-state index in [9.17, 15) is 0 Å². The Balaban J connectivity index is 1.71. The van der Waals surface area contributed by atoms with Gasteiger partial charge in [-0.05, 0) is 31.9 Å². The van der Waals surface area contributed by atoms with Gasteiger partial charge in [-0.25, -0.2) is 4.98 Å². The van der Waals surface area contributed by atoms with Gasteiger partial charge in [0.25, 0.3) is 0 Å². The van der Waals surface area contributed by atoms with Gasteiger partial charge in [-0.3, -0.25) is 4.57 Å². The predicted molar refractivity (Wildman–Crippen MR) is 84.5 cm³/mol. The maximum absolute atomic E-state index is 5.77. The van der Waals surface area contributed by atoms with Crippen molar-refractivity contribution in [3.63, 3.8) is 0 Å². The average molecular weight is 305 g/mol. The Morgan fingerprint density at radius 3 is 2.71 bits per heavy atom. The number of hydrogen-bond donors (Lipinski definition) is 2. The molecule has 2 heterocycles. The van der Waals surface area contributed by atoms with E-state index in [1.54, 1.807) is 23.3 Å². The predicted octanol–water partition coefficient (Wildman–Crippen LogP) is 1.73. The van der Waals surface area contributed by atoms with E-state index < -0.39 is 0 Å². The number of rotatable bonds is 4. The number of nitrogen functional groups attached to an aromatic ring is 1. The fraction of sp³-hybridized carbons (Fsp3) is 0.538. The van der Waals surface area contributed by atoms with Gasteiger partial charge < -0.3 is 11.1 Å². The van der Waals surface area contributed by atoms with Gasteiger partial charge in [0.1, 0.15) is 6.33 Å². The van der Waals surface area contributed by atoms with Gasteiger partial charge in [-0.1, -0.05) is 0 Å². The second-order valence-electron chi connectivity index (χ2n) is 5.14. The highest BCUT2D eigenvalue weighted by atomic mass is 32.2. The van der Waals surface area contributed by atoms with Crippen LogP contribution in [0.2, 0.25) is 0 Å². The highest BCUT2D eigenvalue weighted by Gasteiger charge is 2.21. The SMILES string of the molecule is CSC1CCC(Nc2nc(N)nc(-n3ccnc3)n2)CC1. The molecule has 3 N–H and O–H groups in total. The second-order valence-corrected chi connectivity index (χ2v) is 6.28. The fourth-order valence-corrected chi connectivity index (χ4v) is 3.31. The van der Waals surface area contributed by atoms with Gasteiger partial charge in [-0.2, -0.15) is 26.7 Å². The van der Waals surface area contributed by atoms with Gasteiger partial charge in [0, 0.05) is 23.7 Å². The van der Waals surface area contributed by atoms with E-state index in [0.29, 0.717) is 17.9 Å². The number of nitrogens with two attached hydrogens (primary N) is 1. The molecule has 112 valence electrons. The van der Waals surface area contributed by atoms with E-state index in [4.69, 9.17) is 5.73 Å². The van der Waals surface area contributed by atoms with Crippen molar-refractivity contribution in [1.29, 1.82) is 0 Å². The molecule has 0 radical (unpaired) electrons. The lowest BCUT2D eigenvalue weighted by atomic mass is 9.95. The molecule has 2 aromatic heterocycles. The summed E-state index contributed by atoms with van der Waals surface area (Å²) in [5.74, 6) is 1.24. The topological polar surface area (TPSA) is 94.5 Å². The Morgan fingerprint density at radius 2 is 2.05 bits per heavy atom. The van der Waals surface area contributed by atoms with Crippen LogP contribution in [-0.4, -0.2) is 42.1 Å². The molecule has 0 saturated heterocycles. The van der Waals surface area contributed by atoms with Gasteiger partial charge in [0.2, 0.25) is 17.8 Å². The maximum atomic E-state index is 5.77. The molecule has 0 unspecified atom stereocenters. The third-order valence-electron chi connectivity index (χ3n) is 3.72. The lowest BCUT2D eigenvalue weighted by molar-refractivity contribution is 0.471. The molecule has 1 aliphatic carbocycles. The molecule has 3 rings (SSSR count). The lowest BCUT2D eigenvalue weighted by Gasteiger charge is -2.28. The summed E-state index contributed by atoms with van der Waals surface area (Å²) >= 11 is 1.96. The van der Waals surface area contributed by atoms with E-state index in [1.807, 2.05) is 11.8 Å². The first-order chi connectivity index (χ1) is 10.2. The molecular weight excluding hydrogens is 286 g/mol. The number of thioether (sulfide) groups is 1. The smallest absolute Gasteiger partial charge is 0.241 e. The molecule has 0 spiro atoms. The minimum atomic E-state index is 0.217. The molecule has 0 aliphatic heterocycles. The Kier molecular flexibility index (Phi) is 4.23. The van der Waals surface area contributed by atoms with Crippen LogP contribution in [0.25, 0.3) is 5.95 Å². The summed E-state index contributed by atoms with van der Waals surface area (Å²) in [6.07, 6.45) is 12.0. The molecule has 7 nitrogen and oxygen atoms in total. The molecule has 0 bridgehead atoms. The first-order valence-corrected chi connectivity index (χ1v) is 8.32. The van der Waals surface area contributed by atoms with Crippen molar-refractivity contribution in [2.45, 2.75) is 37.0 Å². The standard InChI is InChI=1S/C13H19N7S/c1-21-10-4-2-9(3-5-10)16-12-17-11(14)18-13(19-12)20-7-6-15-8-20/h6-10H,2-5H2,1H3,(H3,14,16,17,18,19). The highest BCUT2D eigenvalue weighted by molar-refractivity contribution is 7.99. The van der Waals surface area contributed by atoms with Crippen molar-refractivity contribution in [1.82, 2.24) is 24.5 Å². The van der Waals surface area contributed by atoms with E-state index in [0.717, 1.165) is 18.1 Å². The molecule has 1 aliphatic rings. The molecule has 8 heteroatoms. The third kappa shape index (κ3) is 3.44. The van der Waals surface area contributed by atoms with Crippen LogP contribution in [0.5, 0.6) is 0 Å². The van der Waals surface area contributed by atoms with Crippen molar-refractivity contribution in [3.05, 3.63) is 18.7 Å². The van der Waals surface area contributed by atoms with Gasteiger partial charge in [-0.15, -0.1) is 0 Å². The van der Waals surface area contributed by atoms with Gasteiger partial charge in [0.05, 0.1) is 0 Å².